The number of tetrazole rings is 1. The van der Waals surface area contributed by atoms with Crippen LogP contribution in [-0.4, -0.2) is 50.4 Å². The van der Waals surface area contributed by atoms with E-state index in [0.29, 0.717) is 12.1 Å². The van der Waals surface area contributed by atoms with Crippen molar-refractivity contribution in [3.63, 3.8) is 0 Å². The minimum absolute atomic E-state index is 0.400. The summed E-state index contributed by atoms with van der Waals surface area (Å²) in [4.78, 5) is 4.05. The van der Waals surface area contributed by atoms with Crippen LogP contribution in [0.1, 0.15) is 44.3 Å². The maximum absolute atomic E-state index is 5.78. The van der Waals surface area contributed by atoms with E-state index >= 15 is 0 Å². The molecule has 2 heterocycles. The van der Waals surface area contributed by atoms with Crippen LogP contribution in [0.5, 0.6) is 0 Å². The van der Waals surface area contributed by atoms with Crippen LogP contribution in [-0.2, 0) is 18.3 Å². The first kappa shape index (κ1) is 13.0. The Morgan fingerprint density at radius 1 is 1.26 bits per heavy atom. The van der Waals surface area contributed by atoms with Gasteiger partial charge in [0, 0.05) is 19.2 Å². The van der Waals surface area contributed by atoms with Crippen molar-refractivity contribution >= 4 is 0 Å². The number of aryl methyl sites for hydroxylation is 1. The number of aromatic nitrogens is 4. The summed E-state index contributed by atoms with van der Waals surface area (Å²) in [7, 11) is 1.82. The molecule has 106 valence electrons. The van der Waals surface area contributed by atoms with Crippen molar-refractivity contribution in [3.05, 3.63) is 5.82 Å². The Morgan fingerprint density at radius 2 is 2.11 bits per heavy atom. The van der Waals surface area contributed by atoms with Gasteiger partial charge in [-0.05, 0) is 30.9 Å². The molecule has 1 atom stereocenters. The summed E-state index contributed by atoms with van der Waals surface area (Å²) < 4.78 is 5.78. The second-order valence-corrected chi connectivity index (χ2v) is 5.70. The molecule has 0 bridgehead atoms. The molecule has 6 nitrogen and oxygen atoms in total. The van der Waals surface area contributed by atoms with E-state index in [1.165, 1.54) is 43.3 Å². The third-order valence-corrected chi connectivity index (χ3v) is 4.20. The molecule has 1 aromatic heterocycles. The fourth-order valence-electron chi connectivity index (χ4n) is 3.23. The second-order valence-electron chi connectivity index (χ2n) is 5.70. The lowest BCUT2D eigenvalue weighted by Crippen LogP contribution is -2.38. The van der Waals surface area contributed by atoms with Gasteiger partial charge in [0.25, 0.3) is 0 Å². The van der Waals surface area contributed by atoms with Gasteiger partial charge in [0.2, 0.25) is 0 Å². The first-order valence-corrected chi connectivity index (χ1v) is 7.40. The molecule has 0 aromatic carbocycles. The summed E-state index contributed by atoms with van der Waals surface area (Å²) in [6.07, 6.45) is 8.09. The highest BCUT2D eigenvalue weighted by Gasteiger charge is 2.27. The van der Waals surface area contributed by atoms with E-state index in [1.807, 2.05) is 7.05 Å². The standard InChI is InChI=1S/C13H23N5O/c1-17-15-13(14-16-17)10-18(11-5-2-3-6-11)9-12-7-4-8-19-12/h11-12H,2-10H2,1H3. The fraction of sp³-hybridized carbons (Fsp3) is 0.923. The van der Waals surface area contributed by atoms with Crippen LogP contribution in [0.3, 0.4) is 0 Å². The van der Waals surface area contributed by atoms with Gasteiger partial charge >= 0.3 is 0 Å². The minimum atomic E-state index is 0.400. The number of hydrogen-bond donors (Lipinski definition) is 0. The maximum atomic E-state index is 5.78. The van der Waals surface area contributed by atoms with Crippen LogP contribution in [0.2, 0.25) is 0 Å². The van der Waals surface area contributed by atoms with Crippen LogP contribution in [0.25, 0.3) is 0 Å². The molecule has 0 amide bonds. The molecular weight excluding hydrogens is 242 g/mol. The molecule has 1 aromatic rings. The van der Waals surface area contributed by atoms with Gasteiger partial charge < -0.3 is 4.74 Å². The van der Waals surface area contributed by atoms with Gasteiger partial charge in [0.1, 0.15) is 0 Å². The van der Waals surface area contributed by atoms with Gasteiger partial charge in [-0.1, -0.05) is 12.8 Å². The Hall–Kier alpha value is -1.01. The predicted molar refractivity (Wildman–Crippen MR) is 70.4 cm³/mol. The molecule has 1 unspecified atom stereocenters. The van der Waals surface area contributed by atoms with Crippen LogP contribution < -0.4 is 0 Å². The molecule has 2 aliphatic rings. The summed E-state index contributed by atoms with van der Waals surface area (Å²) in [6.45, 7) is 2.74. The fourth-order valence-corrected chi connectivity index (χ4v) is 3.23. The van der Waals surface area contributed by atoms with Crippen molar-refractivity contribution in [1.29, 1.82) is 0 Å². The van der Waals surface area contributed by atoms with Gasteiger partial charge in [-0.25, -0.2) is 0 Å². The molecule has 1 saturated carbocycles. The van der Waals surface area contributed by atoms with Crippen molar-refractivity contribution in [2.45, 2.75) is 57.2 Å². The molecule has 0 N–H and O–H groups in total. The Labute approximate surface area is 114 Å². The molecule has 1 saturated heterocycles. The third-order valence-electron chi connectivity index (χ3n) is 4.20. The summed E-state index contributed by atoms with van der Waals surface area (Å²) in [5.41, 5.74) is 0. The van der Waals surface area contributed by atoms with Crippen LogP contribution >= 0.6 is 0 Å². The molecular formula is C13H23N5O. The van der Waals surface area contributed by atoms with Gasteiger partial charge in [0.15, 0.2) is 5.82 Å². The first-order valence-electron chi connectivity index (χ1n) is 7.40. The van der Waals surface area contributed by atoms with Crippen LogP contribution in [0.15, 0.2) is 0 Å². The normalized spacial score (nSPS) is 24.6. The number of nitrogens with zero attached hydrogens (tertiary/aromatic N) is 5. The lowest BCUT2D eigenvalue weighted by molar-refractivity contribution is 0.0530. The van der Waals surface area contributed by atoms with E-state index in [-0.39, 0.29) is 0 Å². The first-order chi connectivity index (χ1) is 9.31. The molecule has 0 spiro atoms. The number of hydrogen-bond acceptors (Lipinski definition) is 5. The van der Waals surface area contributed by atoms with E-state index in [2.05, 4.69) is 20.3 Å². The van der Waals surface area contributed by atoms with Crippen LogP contribution in [0.4, 0.5) is 0 Å². The van der Waals surface area contributed by atoms with Gasteiger partial charge in [-0.3, -0.25) is 4.90 Å². The van der Waals surface area contributed by atoms with Crippen molar-refractivity contribution in [1.82, 2.24) is 25.1 Å². The summed E-state index contributed by atoms with van der Waals surface area (Å²) in [6, 6.07) is 0.674. The van der Waals surface area contributed by atoms with Gasteiger partial charge in [0.05, 0.1) is 19.7 Å². The number of ether oxygens (including phenoxy) is 1. The molecule has 19 heavy (non-hydrogen) atoms. The second kappa shape index (κ2) is 5.96. The van der Waals surface area contributed by atoms with E-state index in [9.17, 15) is 0 Å². The minimum Gasteiger partial charge on any atom is -0.377 e. The van der Waals surface area contributed by atoms with Crippen LogP contribution in [0, 0.1) is 0 Å². The molecule has 6 heteroatoms. The van der Waals surface area contributed by atoms with Crippen molar-refractivity contribution < 1.29 is 4.74 Å². The van der Waals surface area contributed by atoms with Gasteiger partial charge in [-0.2, -0.15) is 4.80 Å². The zero-order chi connectivity index (χ0) is 13.1. The maximum Gasteiger partial charge on any atom is 0.188 e. The zero-order valence-corrected chi connectivity index (χ0v) is 11.7. The molecule has 1 aliphatic heterocycles. The predicted octanol–water partition coefficient (Wildman–Crippen LogP) is 1.13. The van der Waals surface area contributed by atoms with Crippen molar-refractivity contribution in [2.24, 2.45) is 7.05 Å². The van der Waals surface area contributed by atoms with Crippen molar-refractivity contribution in [2.75, 3.05) is 13.2 Å². The summed E-state index contributed by atoms with van der Waals surface area (Å²) >= 11 is 0. The summed E-state index contributed by atoms with van der Waals surface area (Å²) in [5.74, 6) is 0.826. The van der Waals surface area contributed by atoms with E-state index < -0.39 is 0 Å². The highest BCUT2D eigenvalue weighted by molar-refractivity contribution is 4.85. The topological polar surface area (TPSA) is 56.1 Å². The molecule has 3 rings (SSSR count). The smallest absolute Gasteiger partial charge is 0.188 e. The Kier molecular flexibility index (Phi) is 4.08. The monoisotopic (exact) mass is 265 g/mol. The van der Waals surface area contributed by atoms with Gasteiger partial charge in [-0.15, -0.1) is 10.2 Å². The highest BCUT2D eigenvalue weighted by atomic mass is 16.5. The summed E-state index contributed by atoms with van der Waals surface area (Å²) in [5, 5.41) is 12.4. The lowest BCUT2D eigenvalue weighted by atomic mass is 10.1. The Morgan fingerprint density at radius 3 is 2.74 bits per heavy atom. The zero-order valence-electron chi connectivity index (χ0n) is 11.7. The average Bonchev–Trinajstić information content (AvgIpc) is 3.10. The Balaban J connectivity index is 1.64. The Bertz CT molecular complexity index is 395. The quantitative estimate of drug-likeness (QED) is 0.799. The largest absolute Gasteiger partial charge is 0.377 e. The van der Waals surface area contributed by atoms with E-state index in [1.54, 1.807) is 0 Å². The highest BCUT2D eigenvalue weighted by Crippen LogP contribution is 2.26. The molecule has 0 radical (unpaired) electrons. The number of rotatable bonds is 5. The molecule has 2 fully saturated rings. The average molecular weight is 265 g/mol. The van der Waals surface area contributed by atoms with E-state index in [0.717, 1.165) is 25.5 Å². The van der Waals surface area contributed by atoms with E-state index in [4.69, 9.17) is 4.74 Å². The third kappa shape index (κ3) is 3.30. The lowest BCUT2D eigenvalue weighted by Gasteiger charge is -2.29. The van der Waals surface area contributed by atoms with Crippen molar-refractivity contribution in [3.8, 4) is 0 Å². The molecule has 1 aliphatic carbocycles. The SMILES string of the molecule is Cn1nnc(CN(CC2CCCO2)C2CCCC2)n1.